The van der Waals surface area contributed by atoms with Gasteiger partial charge >= 0.3 is 10.1 Å². The molecule has 5 nitrogen and oxygen atoms in total. The van der Waals surface area contributed by atoms with Crippen LogP contribution in [-0.4, -0.2) is 25.3 Å². The van der Waals surface area contributed by atoms with Crippen LogP contribution in [0.3, 0.4) is 0 Å². The number of rotatable bonds is 7. The van der Waals surface area contributed by atoms with Crippen LogP contribution in [0.5, 0.6) is 5.75 Å². The van der Waals surface area contributed by atoms with Gasteiger partial charge in [-0.3, -0.25) is 4.79 Å². The first-order valence-electron chi connectivity index (χ1n) is 9.28. The lowest BCUT2D eigenvalue weighted by molar-refractivity contribution is -0.135. The lowest BCUT2D eigenvalue weighted by Crippen LogP contribution is -2.35. The minimum absolute atomic E-state index is 0.0248. The molecule has 1 aliphatic carbocycles. The van der Waals surface area contributed by atoms with Crippen molar-refractivity contribution in [2.45, 2.75) is 51.1 Å². The second-order valence-electron chi connectivity index (χ2n) is 7.42. The molecule has 150 valence electrons. The third-order valence-electron chi connectivity index (χ3n) is 4.66. The smallest absolute Gasteiger partial charge is 0.340 e. The molecule has 1 fully saturated rings. The highest BCUT2D eigenvalue weighted by molar-refractivity contribution is 7.87. The van der Waals surface area contributed by atoms with Crippen molar-refractivity contribution >= 4 is 27.6 Å². The summed E-state index contributed by atoms with van der Waals surface area (Å²) in [5, 5.41) is 0.129. The van der Waals surface area contributed by atoms with Crippen molar-refractivity contribution in [2.24, 2.45) is 5.92 Å². The molecule has 7 heteroatoms. The van der Waals surface area contributed by atoms with Crippen LogP contribution in [0.15, 0.2) is 47.4 Å². The van der Waals surface area contributed by atoms with E-state index in [9.17, 15) is 13.2 Å². The molecular formula is C21H24ClNO4S. The molecule has 0 aliphatic heterocycles. The molecule has 2 aromatic carbocycles. The lowest BCUT2D eigenvalue weighted by Gasteiger charge is -2.24. The highest BCUT2D eigenvalue weighted by Gasteiger charge is 2.33. The number of halogens is 1. The largest absolute Gasteiger partial charge is 0.379 e. The molecule has 2 aromatic rings. The maximum absolute atomic E-state index is 12.6. The first-order chi connectivity index (χ1) is 13.2. The molecular weight excluding hydrogens is 398 g/mol. The molecule has 3 rings (SSSR count). The van der Waals surface area contributed by atoms with E-state index >= 15 is 0 Å². The molecule has 0 spiro atoms. The minimum Gasteiger partial charge on any atom is -0.379 e. The van der Waals surface area contributed by atoms with Gasteiger partial charge in [-0.05, 0) is 49.1 Å². The Bertz CT molecular complexity index is 946. The van der Waals surface area contributed by atoms with E-state index < -0.39 is 10.1 Å². The van der Waals surface area contributed by atoms with Crippen LogP contribution in [0.4, 0.5) is 0 Å². The van der Waals surface area contributed by atoms with Crippen molar-refractivity contribution in [2.75, 3.05) is 0 Å². The maximum Gasteiger partial charge on any atom is 0.340 e. The molecule has 0 radical (unpaired) electrons. The van der Waals surface area contributed by atoms with Crippen LogP contribution in [0.2, 0.25) is 5.02 Å². The fourth-order valence-electron chi connectivity index (χ4n) is 3.05. The molecule has 0 unspecified atom stereocenters. The highest BCUT2D eigenvalue weighted by atomic mass is 35.5. The number of benzene rings is 2. The Morgan fingerprint density at radius 1 is 1.18 bits per heavy atom. The maximum atomic E-state index is 12.6. The molecule has 0 aromatic heterocycles. The van der Waals surface area contributed by atoms with E-state index in [-0.39, 0.29) is 27.5 Å². The summed E-state index contributed by atoms with van der Waals surface area (Å²) in [4.78, 5) is 14.3. The highest BCUT2D eigenvalue weighted by Crippen LogP contribution is 2.31. The van der Waals surface area contributed by atoms with Gasteiger partial charge in [0.05, 0.1) is 5.02 Å². The van der Waals surface area contributed by atoms with E-state index in [0.717, 1.165) is 18.4 Å². The molecule has 0 N–H and O–H groups in total. The van der Waals surface area contributed by atoms with E-state index in [1.54, 1.807) is 43.3 Å². The van der Waals surface area contributed by atoms with Gasteiger partial charge in [-0.1, -0.05) is 49.7 Å². The summed E-state index contributed by atoms with van der Waals surface area (Å²) in [7, 11) is -4.04. The first kappa shape index (κ1) is 20.7. The molecule has 1 aliphatic rings. The molecule has 1 amide bonds. The fourth-order valence-corrected chi connectivity index (χ4v) is 4.78. The van der Waals surface area contributed by atoms with Gasteiger partial charge in [-0.2, -0.15) is 8.42 Å². The third kappa shape index (κ3) is 4.67. The zero-order valence-electron chi connectivity index (χ0n) is 16.2. The second kappa shape index (κ2) is 8.13. The van der Waals surface area contributed by atoms with Gasteiger partial charge in [0.1, 0.15) is 10.6 Å². The molecule has 1 saturated carbocycles. The third-order valence-corrected chi connectivity index (χ3v) is 6.54. The Kier molecular flexibility index (Phi) is 6.01. The predicted molar refractivity (Wildman–Crippen MR) is 109 cm³/mol. The Hall–Kier alpha value is -2.05. The number of carbonyl (C=O) groups is 1. The SMILES string of the molecule is Cc1cccc(Cl)c1S(=O)(=O)Oc1ccc(CN(C(=O)C(C)C)C2CC2)cc1. The van der Waals surface area contributed by atoms with E-state index in [1.807, 2.05) is 18.7 Å². The Morgan fingerprint density at radius 3 is 2.36 bits per heavy atom. The standard InChI is InChI=1S/C21H24ClNO4S/c1-14(2)21(24)23(17-9-10-17)13-16-7-11-18(12-8-16)27-28(25,26)20-15(3)5-4-6-19(20)22/h4-8,11-12,14,17H,9-10,13H2,1-3H3. The summed E-state index contributed by atoms with van der Waals surface area (Å²) in [5.41, 5.74) is 1.45. The fraction of sp³-hybridized carbons (Fsp3) is 0.381. The van der Waals surface area contributed by atoms with Crippen LogP contribution >= 0.6 is 11.6 Å². The van der Waals surface area contributed by atoms with E-state index in [4.69, 9.17) is 15.8 Å². The van der Waals surface area contributed by atoms with Crippen LogP contribution in [-0.2, 0) is 21.5 Å². The van der Waals surface area contributed by atoms with E-state index in [1.165, 1.54) is 6.07 Å². The van der Waals surface area contributed by atoms with Crippen molar-refractivity contribution in [1.82, 2.24) is 4.90 Å². The van der Waals surface area contributed by atoms with Crippen LogP contribution in [0.25, 0.3) is 0 Å². The van der Waals surface area contributed by atoms with Gasteiger partial charge in [0.25, 0.3) is 0 Å². The monoisotopic (exact) mass is 421 g/mol. The quantitative estimate of drug-likeness (QED) is 0.614. The van der Waals surface area contributed by atoms with Gasteiger partial charge in [0.15, 0.2) is 0 Å². The number of hydrogen-bond acceptors (Lipinski definition) is 4. The van der Waals surface area contributed by atoms with Gasteiger partial charge in [0, 0.05) is 18.5 Å². The number of hydrogen-bond donors (Lipinski definition) is 0. The summed E-state index contributed by atoms with van der Waals surface area (Å²) < 4.78 is 30.5. The predicted octanol–water partition coefficient (Wildman–Crippen LogP) is 4.56. The zero-order valence-corrected chi connectivity index (χ0v) is 17.8. The van der Waals surface area contributed by atoms with Crippen LogP contribution in [0.1, 0.15) is 37.8 Å². The zero-order chi connectivity index (χ0) is 20.5. The van der Waals surface area contributed by atoms with E-state index in [2.05, 4.69) is 0 Å². The topological polar surface area (TPSA) is 63.7 Å². The average Bonchev–Trinajstić information content (AvgIpc) is 3.44. The van der Waals surface area contributed by atoms with Crippen molar-refractivity contribution in [1.29, 1.82) is 0 Å². The molecule has 0 atom stereocenters. The Labute approximate surface area is 171 Å². The summed E-state index contributed by atoms with van der Waals surface area (Å²) in [6.07, 6.45) is 2.07. The number of carbonyl (C=O) groups excluding carboxylic acids is 1. The summed E-state index contributed by atoms with van der Waals surface area (Å²) in [6, 6.07) is 12.0. The Morgan fingerprint density at radius 2 is 1.82 bits per heavy atom. The average molecular weight is 422 g/mol. The van der Waals surface area contributed by atoms with Gasteiger partial charge in [-0.15, -0.1) is 0 Å². The normalized spacial score (nSPS) is 14.2. The van der Waals surface area contributed by atoms with Crippen LogP contribution in [0, 0.1) is 12.8 Å². The van der Waals surface area contributed by atoms with E-state index in [0.29, 0.717) is 18.2 Å². The van der Waals surface area contributed by atoms with Gasteiger partial charge in [0.2, 0.25) is 5.91 Å². The minimum atomic E-state index is -4.04. The van der Waals surface area contributed by atoms with Crippen molar-refractivity contribution in [3.63, 3.8) is 0 Å². The number of amides is 1. The second-order valence-corrected chi connectivity index (χ2v) is 9.31. The lowest BCUT2D eigenvalue weighted by atomic mass is 10.1. The summed E-state index contributed by atoms with van der Waals surface area (Å²) in [6.45, 7) is 5.98. The Balaban J connectivity index is 1.75. The summed E-state index contributed by atoms with van der Waals surface area (Å²) >= 11 is 6.06. The summed E-state index contributed by atoms with van der Waals surface area (Å²) in [5.74, 6) is 0.294. The van der Waals surface area contributed by atoms with Crippen molar-refractivity contribution < 1.29 is 17.4 Å². The molecule has 28 heavy (non-hydrogen) atoms. The van der Waals surface area contributed by atoms with Gasteiger partial charge in [-0.25, -0.2) is 0 Å². The molecule has 0 bridgehead atoms. The number of nitrogens with zero attached hydrogens (tertiary/aromatic N) is 1. The van der Waals surface area contributed by atoms with Crippen molar-refractivity contribution in [3.8, 4) is 5.75 Å². The van der Waals surface area contributed by atoms with Crippen molar-refractivity contribution in [3.05, 3.63) is 58.6 Å². The number of aryl methyl sites for hydroxylation is 1. The molecule has 0 saturated heterocycles. The first-order valence-corrected chi connectivity index (χ1v) is 11.1. The van der Waals surface area contributed by atoms with Crippen LogP contribution < -0.4 is 4.18 Å². The van der Waals surface area contributed by atoms with Gasteiger partial charge < -0.3 is 9.08 Å². The molecule has 0 heterocycles.